The molecular weight excluding hydrogens is 353 g/mol. The highest BCUT2D eigenvalue weighted by atomic mass is 32.2. The standard InChI is InChI=1S/C20H22FNO3S/c1-3-14-22(15-13-17-7-5-4-6-8-17)20(23)16(2)26(24,25)19-11-9-18(21)10-12-19/h3-12,16H,1,13-15H2,2H3. The molecule has 0 aliphatic heterocycles. The Labute approximate surface area is 153 Å². The number of hydrogen-bond donors (Lipinski definition) is 0. The number of rotatable bonds is 8. The third kappa shape index (κ3) is 4.79. The van der Waals surface area contributed by atoms with Crippen LogP contribution in [0.4, 0.5) is 4.39 Å². The van der Waals surface area contributed by atoms with Crippen molar-refractivity contribution in [3.63, 3.8) is 0 Å². The molecular formula is C20H22FNO3S. The molecule has 26 heavy (non-hydrogen) atoms. The molecule has 0 aliphatic carbocycles. The maximum Gasteiger partial charge on any atom is 0.241 e. The lowest BCUT2D eigenvalue weighted by Gasteiger charge is -2.24. The molecule has 1 atom stereocenters. The lowest BCUT2D eigenvalue weighted by atomic mass is 10.1. The van der Waals surface area contributed by atoms with Crippen LogP contribution in [-0.2, 0) is 21.1 Å². The highest BCUT2D eigenvalue weighted by Gasteiger charge is 2.32. The summed E-state index contributed by atoms with van der Waals surface area (Å²) in [5, 5.41) is -1.26. The molecule has 4 nitrogen and oxygen atoms in total. The van der Waals surface area contributed by atoms with Gasteiger partial charge < -0.3 is 4.90 Å². The van der Waals surface area contributed by atoms with E-state index in [-0.39, 0.29) is 11.4 Å². The molecule has 0 saturated carbocycles. The summed E-state index contributed by atoms with van der Waals surface area (Å²) in [5.74, 6) is -1.02. The number of sulfone groups is 1. The number of amides is 1. The van der Waals surface area contributed by atoms with E-state index >= 15 is 0 Å². The summed E-state index contributed by atoms with van der Waals surface area (Å²) in [4.78, 5) is 14.2. The van der Waals surface area contributed by atoms with Crippen molar-refractivity contribution in [3.05, 3.63) is 78.6 Å². The molecule has 0 N–H and O–H groups in total. The average molecular weight is 375 g/mol. The molecule has 0 aromatic heterocycles. The van der Waals surface area contributed by atoms with Crippen LogP contribution >= 0.6 is 0 Å². The van der Waals surface area contributed by atoms with Gasteiger partial charge in [0.15, 0.2) is 9.84 Å². The maximum absolute atomic E-state index is 13.0. The average Bonchev–Trinajstić information content (AvgIpc) is 2.65. The van der Waals surface area contributed by atoms with Crippen LogP contribution in [0.25, 0.3) is 0 Å². The first-order valence-corrected chi connectivity index (χ1v) is 9.84. The van der Waals surface area contributed by atoms with Gasteiger partial charge >= 0.3 is 0 Å². The van der Waals surface area contributed by atoms with Crippen molar-refractivity contribution >= 4 is 15.7 Å². The first-order chi connectivity index (χ1) is 12.4. The molecule has 0 fully saturated rings. The predicted octanol–water partition coefficient (Wildman–Crippen LogP) is 3.25. The molecule has 0 aliphatic rings. The Balaban J connectivity index is 2.15. The zero-order valence-electron chi connectivity index (χ0n) is 14.6. The van der Waals surface area contributed by atoms with Gasteiger partial charge in [0, 0.05) is 13.1 Å². The topological polar surface area (TPSA) is 54.5 Å². The van der Waals surface area contributed by atoms with E-state index in [1.54, 1.807) is 6.08 Å². The third-order valence-corrected chi connectivity index (χ3v) is 6.19. The summed E-state index contributed by atoms with van der Waals surface area (Å²) in [7, 11) is -3.89. The van der Waals surface area contributed by atoms with Gasteiger partial charge in [-0.25, -0.2) is 12.8 Å². The highest BCUT2D eigenvalue weighted by molar-refractivity contribution is 7.92. The van der Waals surface area contributed by atoms with Crippen molar-refractivity contribution in [1.29, 1.82) is 0 Å². The Morgan fingerprint density at radius 1 is 1.15 bits per heavy atom. The summed E-state index contributed by atoms with van der Waals surface area (Å²) in [6, 6.07) is 14.1. The smallest absolute Gasteiger partial charge is 0.241 e. The molecule has 2 aromatic rings. The second kappa shape index (κ2) is 8.76. The van der Waals surface area contributed by atoms with Crippen LogP contribution in [-0.4, -0.2) is 37.6 Å². The highest BCUT2D eigenvalue weighted by Crippen LogP contribution is 2.18. The summed E-state index contributed by atoms with van der Waals surface area (Å²) in [6.45, 7) is 5.65. The van der Waals surface area contributed by atoms with Crippen LogP contribution in [0.5, 0.6) is 0 Å². The number of carbonyl (C=O) groups excluding carboxylic acids is 1. The quantitative estimate of drug-likeness (QED) is 0.526. The third-order valence-electron chi connectivity index (χ3n) is 4.13. The van der Waals surface area contributed by atoms with Crippen molar-refractivity contribution in [2.24, 2.45) is 0 Å². The van der Waals surface area contributed by atoms with Gasteiger partial charge in [0.2, 0.25) is 5.91 Å². The van der Waals surface area contributed by atoms with Gasteiger partial charge in [0.05, 0.1) is 4.90 Å². The molecule has 1 amide bonds. The molecule has 1 unspecified atom stereocenters. The molecule has 0 bridgehead atoms. The summed E-state index contributed by atoms with van der Waals surface area (Å²) >= 11 is 0. The van der Waals surface area contributed by atoms with Gasteiger partial charge in [-0.15, -0.1) is 6.58 Å². The molecule has 0 heterocycles. The number of benzene rings is 2. The SMILES string of the molecule is C=CCN(CCc1ccccc1)C(=O)C(C)S(=O)(=O)c1ccc(F)cc1. The van der Waals surface area contributed by atoms with Crippen molar-refractivity contribution in [2.75, 3.05) is 13.1 Å². The van der Waals surface area contributed by atoms with E-state index in [9.17, 15) is 17.6 Å². The van der Waals surface area contributed by atoms with Crippen LogP contribution in [0.3, 0.4) is 0 Å². The van der Waals surface area contributed by atoms with Crippen LogP contribution in [0.15, 0.2) is 72.1 Å². The second-order valence-corrected chi connectivity index (χ2v) is 8.22. The molecule has 6 heteroatoms. The van der Waals surface area contributed by atoms with Crippen LogP contribution in [0, 0.1) is 5.82 Å². The normalized spacial score (nSPS) is 12.4. The summed E-state index contributed by atoms with van der Waals surface area (Å²) in [6.07, 6.45) is 2.18. The monoisotopic (exact) mass is 375 g/mol. The van der Waals surface area contributed by atoms with E-state index < -0.39 is 26.8 Å². The zero-order valence-corrected chi connectivity index (χ0v) is 15.5. The van der Waals surface area contributed by atoms with Crippen LogP contribution in [0.1, 0.15) is 12.5 Å². The maximum atomic E-state index is 13.0. The van der Waals surface area contributed by atoms with Crippen molar-refractivity contribution < 1.29 is 17.6 Å². The first kappa shape index (κ1) is 19.8. The molecule has 0 saturated heterocycles. The molecule has 138 valence electrons. The minimum Gasteiger partial charge on any atom is -0.338 e. The summed E-state index contributed by atoms with van der Waals surface area (Å²) < 4.78 is 38.4. The van der Waals surface area contributed by atoms with E-state index in [2.05, 4.69) is 6.58 Å². The van der Waals surface area contributed by atoms with Crippen molar-refractivity contribution in [1.82, 2.24) is 4.90 Å². The van der Waals surface area contributed by atoms with E-state index in [4.69, 9.17) is 0 Å². The van der Waals surface area contributed by atoms with E-state index in [0.29, 0.717) is 13.0 Å². The second-order valence-electron chi connectivity index (χ2n) is 5.95. The summed E-state index contributed by atoms with van der Waals surface area (Å²) in [5.41, 5.74) is 1.06. The fraction of sp³-hybridized carbons (Fsp3) is 0.250. The van der Waals surface area contributed by atoms with Crippen LogP contribution < -0.4 is 0 Å². The van der Waals surface area contributed by atoms with E-state index in [0.717, 1.165) is 17.7 Å². The number of nitrogens with zero attached hydrogens (tertiary/aromatic N) is 1. The predicted molar refractivity (Wildman–Crippen MR) is 100.0 cm³/mol. The lowest BCUT2D eigenvalue weighted by Crippen LogP contribution is -2.42. The Morgan fingerprint density at radius 2 is 1.77 bits per heavy atom. The Morgan fingerprint density at radius 3 is 2.35 bits per heavy atom. The van der Waals surface area contributed by atoms with E-state index in [1.165, 1.54) is 24.0 Å². The van der Waals surface area contributed by atoms with Crippen LogP contribution in [0.2, 0.25) is 0 Å². The molecule has 0 spiro atoms. The Kier molecular flexibility index (Phi) is 6.69. The molecule has 0 radical (unpaired) electrons. The Hall–Kier alpha value is -2.47. The van der Waals surface area contributed by atoms with Gasteiger partial charge in [-0.05, 0) is 43.2 Å². The number of halogens is 1. The molecule has 2 rings (SSSR count). The van der Waals surface area contributed by atoms with E-state index in [1.807, 2.05) is 30.3 Å². The number of hydrogen-bond acceptors (Lipinski definition) is 3. The van der Waals surface area contributed by atoms with Crippen molar-refractivity contribution in [2.45, 2.75) is 23.5 Å². The zero-order chi connectivity index (χ0) is 19.2. The fourth-order valence-corrected chi connectivity index (χ4v) is 3.91. The first-order valence-electron chi connectivity index (χ1n) is 8.29. The lowest BCUT2D eigenvalue weighted by molar-refractivity contribution is -0.129. The minimum absolute atomic E-state index is 0.0682. The van der Waals surface area contributed by atoms with Crippen molar-refractivity contribution in [3.8, 4) is 0 Å². The van der Waals surface area contributed by atoms with Gasteiger partial charge in [0.25, 0.3) is 0 Å². The Bertz CT molecular complexity index is 848. The number of carbonyl (C=O) groups is 1. The largest absolute Gasteiger partial charge is 0.338 e. The van der Waals surface area contributed by atoms with Gasteiger partial charge in [-0.2, -0.15) is 0 Å². The van der Waals surface area contributed by atoms with Gasteiger partial charge in [-0.3, -0.25) is 4.79 Å². The van der Waals surface area contributed by atoms with Gasteiger partial charge in [0.1, 0.15) is 11.1 Å². The van der Waals surface area contributed by atoms with Gasteiger partial charge in [-0.1, -0.05) is 36.4 Å². The minimum atomic E-state index is -3.89. The molecule has 2 aromatic carbocycles. The fourth-order valence-electron chi connectivity index (χ4n) is 2.57.